The minimum absolute atomic E-state index is 0.510. The minimum atomic E-state index is -0.510. The lowest BCUT2D eigenvalue weighted by molar-refractivity contribution is 0.194. The van der Waals surface area contributed by atoms with E-state index in [4.69, 9.17) is 4.74 Å². The quantitative estimate of drug-likeness (QED) is 0.905. The molecule has 2 rings (SSSR count). The average molecular weight is 263 g/mol. The molecule has 1 aromatic carbocycles. The first-order valence-electron chi connectivity index (χ1n) is 7.14. The molecule has 1 aromatic rings. The molecule has 19 heavy (non-hydrogen) atoms. The van der Waals surface area contributed by atoms with Crippen molar-refractivity contribution in [2.75, 3.05) is 25.1 Å². The number of benzene rings is 1. The summed E-state index contributed by atoms with van der Waals surface area (Å²) >= 11 is 0. The SMILES string of the molecule is COc1cccc(N2CCC(C(C)C)C2)c1[C@H](C)O. The van der Waals surface area contributed by atoms with Crippen molar-refractivity contribution in [3.8, 4) is 5.75 Å². The highest BCUT2D eigenvalue weighted by Crippen LogP contribution is 2.37. The number of rotatable bonds is 4. The Kier molecular flexibility index (Phi) is 4.35. The number of hydrogen-bond acceptors (Lipinski definition) is 3. The molecule has 3 nitrogen and oxygen atoms in total. The molecule has 0 aliphatic carbocycles. The van der Waals surface area contributed by atoms with Crippen LogP contribution in [0.4, 0.5) is 5.69 Å². The molecule has 1 fully saturated rings. The van der Waals surface area contributed by atoms with Gasteiger partial charge in [-0.2, -0.15) is 0 Å². The molecule has 106 valence electrons. The van der Waals surface area contributed by atoms with Gasteiger partial charge in [0.15, 0.2) is 0 Å². The fourth-order valence-corrected chi connectivity index (χ4v) is 2.96. The first kappa shape index (κ1) is 14.2. The van der Waals surface area contributed by atoms with E-state index in [1.807, 2.05) is 12.1 Å². The Morgan fingerprint density at radius 3 is 2.58 bits per heavy atom. The number of aliphatic hydroxyl groups is 1. The van der Waals surface area contributed by atoms with Crippen LogP contribution in [0, 0.1) is 11.8 Å². The Balaban J connectivity index is 2.30. The van der Waals surface area contributed by atoms with Crippen molar-refractivity contribution in [1.82, 2.24) is 0 Å². The number of ether oxygens (including phenoxy) is 1. The van der Waals surface area contributed by atoms with E-state index in [1.54, 1.807) is 14.0 Å². The fourth-order valence-electron chi connectivity index (χ4n) is 2.96. The van der Waals surface area contributed by atoms with Gasteiger partial charge in [-0.25, -0.2) is 0 Å². The van der Waals surface area contributed by atoms with Crippen molar-refractivity contribution >= 4 is 5.69 Å². The highest BCUT2D eigenvalue weighted by molar-refractivity contribution is 5.61. The molecule has 0 spiro atoms. The van der Waals surface area contributed by atoms with Gasteiger partial charge in [0.1, 0.15) is 5.75 Å². The van der Waals surface area contributed by atoms with Gasteiger partial charge in [0.05, 0.1) is 13.2 Å². The first-order valence-corrected chi connectivity index (χ1v) is 7.14. The lowest BCUT2D eigenvalue weighted by Crippen LogP contribution is -2.23. The summed E-state index contributed by atoms with van der Waals surface area (Å²) in [5.41, 5.74) is 2.03. The molecule has 1 saturated heterocycles. The van der Waals surface area contributed by atoms with Crippen molar-refractivity contribution in [2.24, 2.45) is 11.8 Å². The Labute approximate surface area is 116 Å². The monoisotopic (exact) mass is 263 g/mol. The van der Waals surface area contributed by atoms with Crippen LogP contribution in [0.15, 0.2) is 18.2 Å². The lowest BCUT2D eigenvalue weighted by Gasteiger charge is -2.25. The molecule has 1 unspecified atom stereocenters. The van der Waals surface area contributed by atoms with Crippen molar-refractivity contribution in [2.45, 2.75) is 33.3 Å². The van der Waals surface area contributed by atoms with Gasteiger partial charge in [0, 0.05) is 24.3 Å². The molecule has 0 amide bonds. The van der Waals surface area contributed by atoms with Gasteiger partial charge in [0.25, 0.3) is 0 Å². The second-order valence-corrected chi connectivity index (χ2v) is 5.81. The highest BCUT2D eigenvalue weighted by atomic mass is 16.5. The number of methoxy groups -OCH3 is 1. The largest absolute Gasteiger partial charge is 0.496 e. The Morgan fingerprint density at radius 2 is 2.05 bits per heavy atom. The zero-order valence-electron chi connectivity index (χ0n) is 12.4. The third kappa shape index (κ3) is 2.86. The van der Waals surface area contributed by atoms with Crippen LogP contribution in [-0.2, 0) is 0 Å². The van der Waals surface area contributed by atoms with Crippen molar-refractivity contribution in [3.05, 3.63) is 23.8 Å². The lowest BCUT2D eigenvalue weighted by atomic mass is 9.95. The molecule has 0 saturated carbocycles. The van der Waals surface area contributed by atoms with E-state index in [0.717, 1.165) is 36.0 Å². The molecule has 1 heterocycles. The second-order valence-electron chi connectivity index (χ2n) is 5.81. The third-order valence-corrected chi connectivity index (χ3v) is 4.19. The summed E-state index contributed by atoms with van der Waals surface area (Å²) in [6, 6.07) is 6.01. The summed E-state index contributed by atoms with van der Waals surface area (Å²) < 4.78 is 5.39. The van der Waals surface area contributed by atoms with E-state index < -0.39 is 6.10 Å². The predicted molar refractivity (Wildman–Crippen MR) is 78.8 cm³/mol. The van der Waals surface area contributed by atoms with Crippen LogP contribution in [0.25, 0.3) is 0 Å². The van der Waals surface area contributed by atoms with Crippen LogP contribution in [-0.4, -0.2) is 25.3 Å². The van der Waals surface area contributed by atoms with E-state index in [1.165, 1.54) is 6.42 Å². The molecule has 0 radical (unpaired) electrons. The first-order chi connectivity index (χ1) is 9.04. The second kappa shape index (κ2) is 5.83. The highest BCUT2D eigenvalue weighted by Gasteiger charge is 2.28. The van der Waals surface area contributed by atoms with Gasteiger partial charge < -0.3 is 14.7 Å². The van der Waals surface area contributed by atoms with Crippen LogP contribution in [0.3, 0.4) is 0 Å². The molecule has 0 aromatic heterocycles. The van der Waals surface area contributed by atoms with Crippen LogP contribution >= 0.6 is 0 Å². The van der Waals surface area contributed by atoms with Crippen molar-refractivity contribution in [3.63, 3.8) is 0 Å². The average Bonchev–Trinajstić information content (AvgIpc) is 2.87. The van der Waals surface area contributed by atoms with E-state index in [0.29, 0.717) is 5.92 Å². The summed E-state index contributed by atoms with van der Waals surface area (Å²) in [6.07, 6.45) is 0.720. The summed E-state index contributed by atoms with van der Waals surface area (Å²) in [5.74, 6) is 2.24. The van der Waals surface area contributed by atoms with Crippen LogP contribution < -0.4 is 9.64 Å². The topological polar surface area (TPSA) is 32.7 Å². The van der Waals surface area contributed by atoms with E-state index >= 15 is 0 Å². The summed E-state index contributed by atoms with van der Waals surface area (Å²) in [7, 11) is 1.66. The Bertz CT molecular complexity index is 429. The number of nitrogens with zero attached hydrogens (tertiary/aromatic N) is 1. The third-order valence-electron chi connectivity index (χ3n) is 4.19. The maximum absolute atomic E-state index is 10.0. The Morgan fingerprint density at radius 1 is 1.32 bits per heavy atom. The zero-order chi connectivity index (χ0) is 14.0. The molecule has 3 heteroatoms. The molecule has 0 bridgehead atoms. The van der Waals surface area contributed by atoms with Gasteiger partial charge in [-0.05, 0) is 37.3 Å². The number of anilines is 1. The smallest absolute Gasteiger partial charge is 0.126 e. The fraction of sp³-hybridized carbons (Fsp3) is 0.625. The summed E-state index contributed by atoms with van der Waals surface area (Å²) in [5, 5.41) is 10.0. The zero-order valence-corrected chi connectivity index (χ0v) is 12.4. The van der Waals surface area contributed by atoms with Crippen LogP contribution in [0.2, 0.25) is 0 Å². The van der Waals surface area contributed by atoms with Crippen LogP contribution in [0.1, 0.15) is 38.9 Å². The van der Waals surface area contributed by atoms with E-state index in [2.05, 4.69) is 24.8 Å². The molecule has 1 N–H and O–H groups in total. The molecular formula is C16H25NO2. The number of aliphatic hydroxyl groups excluding tert-OH is 1. The van der Waals surface area contributed by atoms with Crippen molar-refractivity contribution in [1.29, 1.82) is 0 Å². The Hall–Kier alpha value is -1.22. The molecular weight excluding hydrogens is 238 g/mol. The minimum Gasteiger partial charge on any atom is -0.496 e. The van der Waals surface area contributed by atoms with Gasteiger partial charge >= 0.3 is 0 Å². The normalized spacial score (nSPS) is 20.9. The van der Waals surface area contributed by atoms with E-state index in [9.17, 15) is 5.11 Å². The van der Waals surface area contributed by atoms with Crippen LogP contribution in [0.5, 0.6) is 5.75 Å². The molecule has 1 aliphatic rings. The van der Waals surface area contributed by atoms with Crippen molar-refractivity contribution < 1.29 is 9.84 Å². The predicted octanol–water partition coefficient (Wildman–Crippen LogP) is 3.23. The van der Waals surface area contributed by atoms with Gasteiger partial charge in [-0.3, -0.25) is 0 Å². The molecule has 1 aliphatic heterocycles. The van der Waals surface area contributed by atoms with Gasteiger partial charge in [-0.15, -0.1) is 0 Å². The summed E-state index contributed by atoms with van der Waals surface area (Å²) in [4.78, 5) is 2.38. The van der Waals surface area contributed by atoms with Gasteiger partial charge in [0.2, 0.25) is 0 Å². The van der Waals surface area contributed by atoms with Gasteiger partial charge in [-0.1, -0.05) is 19.9 Å². The molecule has 2 atom stereocenters. The maximum Gasteiger partial charge on any atom is 0.126 e. The van der Waals surface area contributed by atoms with E-state index in [-0.39, 0.29) is 0 Å². The standard InChI is InChI=1S/C16H25NO2/c1-11(2)13-8-9-17(10-13)14-6-5-7-15(19-4)16(14)12(3)18/h5-7,11-13,18H,8-10H2,1-4H3/t12-,13?/m0/s1. The summed E-state index contributed by atoms with van der Waals surface area (Å²) in [6.45, 7) is 8.52. The number of hydrogen-bond donors (Lipinski definition) is 1. The maximum atomic E-state index is 10.0.